The van der Waals surface area contributed by atoms with Crippen LogP contribution in [0, 0.1) is 12.8 Å². The minimum atomic E-state index is -2.85. The molecule has 1 fully saturated rings. The quantitative estimate of drug-likeness (QED) is 0.877. The number of hydrogen-bond acceptors (Lipinski definition) is 3. The van der Waals surface area contributed by atoms with Crippen molar-refractivity contribution in [2.24, 2.45) is 5.92 Å². The highest BCUT2D eigenvalue weighted by Crippen LogP contribution is 2.35. The lowest BCUT2D eigenvalue weighted by Crippen LogP contribution is -2.30. The standard InChI is InChI=1S/C15H22BrNO2S/c1-3-7-17-15(12-6-8-20(18,19)10-12)13-5-4-11(2)9-14(13)16/h4-5,9,12,15,17H,3,6-8,10H2,1-2H3. The van der Waals surface area contributed by atoms with Gasteiger partial charge < -0.3 is 5.32 Å². The number of nitrogens with one attached hydrogen (secondary N) is 1. The molecule has 1 N–H and O–H groups in total. The fourth-order valence-corrected chi connectivity index (χ4v) is 5.38. The summed E-state index contributed by atoms with van der Waals surface area (Å²) in [6.07, 6.45) is 1.80. The molecule has 1 aliphatic rings. The lowest BCUT2D eigenvalue weighted by molar-refractivity contribution is 0.391. The van der Waals surface area contributed by atoms with Crippen LogP contribution in [0.5, 0.6) is 0 Å². The van der Waals surface area contributed by atoms with Gasteiger partial charge in [-0.1, -0.05) is 35.0 Å². The van der Waals surface area contributed by atoms with E-state index in [4.69, 9.17) is 0 Å². The molecule has 0 aromatic heterocycles. The molecule has 0 bridgehead atoms. The Hall–Kier alpha value is -0.390. The van der Waals surface area contributed by atoms with Gasteiger partial charge >= 0.3 is 0 Å². The third-order valence-corrected chi connectivity index (χ3v) is 6.32. The van der Waals surface area contributed by atoms with Crippen molar-refractivity contribution in [2.45, 2.75) is 32.7 Å². The van der Waals surface area contributed by atoms with E-state index in [2.05, 4.69) is 53.3 Å². The average molecular weight is 360 g/mol. The molecule has 2 rings (SSSR count). The molecule has 0 saturated carbocycles. The maximum atomic E-state index is 11.8. The predicted octanol–water partition coefficient (Wildman–Crippen LogP) is 3.23. The first-order chi connectivity index (χ1) is 9.43. The van der Waals surface area contributed by atoms with Gasteiger partial charge in [0.1, 0.15) is 0 Å². The molecule has 2 unspecified atom stereocenters. The Bertz CT molecular complexity index is 571. The third kappa shape index (κ3) is 3.83. The lowest BCUT2D eigenvalue weighted by Gasteiger charge is -2.25. The molecule has 20 heavy (non-hydrogen) atoms. The van der Waals surface area contributed by atoms with Crippen molar-refractivity contribution in [1.29, 1.82) is 0 Å². The van der Waals surface area contributed by atoms with Crippen LogP contribution in [0.25, 0.3) is 0 Å². The van der Waals surface area contributed by atoms with E-state index in [0.717, 1.165) is 23.9 Å². The minimum Gasteiger partial charge on any atom is -0.310 e. The predicted molar refractivity (Wildman–Crippen MR) is 86.7 cm³/mol. The van der Waals surface area contributed by atoms with E-state index >= 15 is 0 Å². The van der Waals surface area contributed by atoms with Gasteiger partial charge in [-0.05, 0) is 49.4 Å². The molecule has 0 aliphatic carbocycles. The van der Waals surface area contributed by atoms with Gasteiger partial charge in [0.15, 0.2) is 9.84 Å². The summed E-state index contributed by atoms with van der Waals surface area (Å²) in [5.41, 5.74) is 2.38. The Labute approximate surface area is 130 Å². The fourth-order valence-electron chi connectivity index (χ4n) is 2.80. The molecule has 1 aromatic carbocycles. The van der Waals surface area contributed by atoms with Crippen molar-refractivity contribution in [3.63, 3.8) is 0 Å². The van der Waals surface area contributed by atoms with E-state index in [0.29, 0.717) is 11.5 Å². The van der Waals surface area contributed by atoms with Crippen molar-refractivity contribution in [2.75, 3.05) is 18.1 Å². The number of halogens is 1. The first-order valence-corrected chi connectivity index (χ1v) is 9.74. The van der Waals surface area contributed by atoms with Crippen molar-refractivity contribution in [3.8, 4) is 0 Å². The van der Waals surface area contributed by atoms with Crippen LogP contribution in [0.3, 0.4) is 0 Å². The molecule has 0 spiro atoms. The first kappa shape index (κ1) is 16.0. The van der Waals surface area contributed by atoms with Crippen LogP contribution in [-0.4, -0.2) is 26.5 Å². The van der Waals surface area contributed by atoms with Crippen molar-refractivity contribution < 1.29 is 8.42 Å². The zero-order valence-corrected chi connectivity index (χ0v) is 14.4. The summed E-state index contributed by atoms with van der Waals surface area (Å²) in [6, 6.07) is 6.41. The molecule has 1 aromatic rings. The second-order valence-electron chi connectivity index (χ2n) is 5.62. The van der Waals surface area contributed by atoms with Gasteiger partial charge in [0, 0.05) is 10.5 Å². The third-order valence-electron chi connectivity index (χ3n) is 3.84. The van der Waals surface area contributed by atoms with E-state index in [1.165, 1.54) is 11.1 Å². The first-order valence-electron chi connectivity index (χ1n) is 7.13. The topological polar surface area (TPSA) is 46.2 Å². The monoisotopic (exact) mass is 359 g/mol. The van der Waals surface area contributed by atoms with Crippen molar-refractivity contribution in [1.82, 2.24) is 5.32 Å². The zero-order valence-electron chi connectivity index (χ0n) is 12.0. The number of aryl methyl sites for hydroxylation is 1. The van der Waals surface area contributed by atoms with Crippen LogP contribution in [0.15, 0.2) is 22.7 Å². The van der Waals surface area contributed by atoms with Gasteiger partial charge in [-0.15, -0.1) is 0 Å². The van der Waals surface area contributed by atoms with Crippen LogP contribution >= 0.6 is 15.9 Å². The number of sulfone groups is 1. The average Bonchev–Trinajstić information content (AvgIpc) is 2.72. The molecule has 1 aliphatic heterocycles. The van der Waals surface area contributed by atoms with Crippen molar-refractivity contribution >= 4 is 25.8 Å². The second kappa shape index (κ2) is 6.58. The SMILES string of the molecule is CCCNC(c1ccc(C)cc1Br)C1CCS(=O)(=O)C1. The molecule has 2 atom stereocenters. The normalized spacial score (nSPS) is 22.9. The van der Waals surface area contributed by atoms with Gasteiger partial charge in [-0.25, -0.2) is 8.42 Å². The maximum absolute atomic E-state index is 11.8. The highest BCUT2D eigenvalue weighted by atomic mass is 79.9. The summed E-state index contributed by atoms with van der Waals surface area (Å²) in [5, 5.41) is 3.53. The van der Waals surface area contributed by atoms with Crippen LogP contribution in [0.2, 0.25) is 0 Å². The Morgan fingerprint density at radius 1 is 1.45 bits per heavy atom. The van der Waals surface area contributed by atoms with Gasteiger partial charge in [0.25, 0.3) is 0 Å². The highest BCUT2D eigenvalue weighted by molar-refractivity contribution is 9.10. The molecular formula is C15H22BrNO2S. The fraction of sp³-hybridized carbons (Fsp3) is 0.600. The Morgan fingerprint density at radius 3 is 2.75 bits per heavy atom. The maximum Gasteiger partial charge on any atom is 0.150 e. The number of hydrogen-bond donors (Lipinski definition) is 1. The van der Waals surface area contributed by atoms with E-state index in [9.17, 15) is 8.42 Å². The van der Waals surface area contributed by atoms with E-state index in [1.807, 2.05) is 0 Å². The van der Waals surface area contributed by atoms with Gasteiger partial charge in [0.05, 0.1) is 11.5 Å². The van der Waals surface area contributed by atoms with E-state index < -0.39 is 9.84 Å². The molecule has 1 saturated heterocycles. The van der Waals surface area contributed by atoms with Crippen molar-refractivity contribution in [3.05, 3.63) is 33.8 Å². The Morgan fingerprint density at radius 2 is 2.20 bits per heavy atom. The van der Waals surface area contributed by atoms with Gasteiger partial charge in [-0.3, -0.25) is 0 Å². The molecule has 112 valence electrons. The molecule has 5 heteroatoms. The molecular weight excluding hydrogens is 338 g/mol. The second-order valence-corrected chi connectivity index (χ2v) is 8.70. The molecule has 0 amide bonds. The lowest BCUT2D eigenvalue weighted by atomic mass is 9.92. The summed E-state index contributed by atoms with van der Waals surface area (Å²) >= 11 is 3.63. The van der Waals surface area contributed by atoms with Crippen LogP contribution in [0.4, 0.5) is 0 Å². The van der Waals surface area contributed by atoms with Gasteiger partial charge in [0.2, 0.25) is 0 Å². The van der Waals surface area contributed by atoms with Crippen LogP contribution in [0.1, 0.15) is 36.9 Å². The number of benzene rings is 1. The van der Waals surface area contributed by atoms with E-state index in [1.54, 1.807) is 0 Å². The summed E-state index contributed by atoms with van der Waals surface area (Å²) in [6.45, 7) is 5.09. The number of rotatable bonds is 5. The molecule has 1 heterocycles. The van der Waals surface area contributed by atoms with Crippen LogP contribution < -0.4 is 5.32 Å². The molecule has 0 radical (unpaired) electrons. The molecule has 3 nitrogen and oxygen atoms in total. The summed E-state index contributed by atoms with van der Waals surface area (Å²) in [7, 11) is -2.85. The Kier molecular flexibility index (Phi) is 5.26. The van der Waals surface area contributed by atoms with E-state index in [-0.39, 0.29) is 12.0 Å². The Balaban J connectivity index is 2.27. The summed E-state index contributed by atoms with van der Waals surface area (Å²) in [5.74, 6) is 0.797. The minimum absolute atomic E-state index is 0.113. The summed E-state index contributed by atoms with van der Waals surface area (Å²) in [4.78, 5) is 0. The van der Waals surface area contributed by atoms with Crippen LogP contribution in [-0.2, 0) is 9.84 Å². The smallest absolute Gasteiger partial charge is 0.150 e. The summed E-state index contributed by atoms with van der Waals surface area (Å²) < 4.78 is 24.6. The largest absolute Gasteiger partial charge is 0.310 e. The van der Waals surface area contributed by atoms with Gasteiger partial charge in [-0.2, -0.15) is 0 Å². The zero-order chi connectivity index (χ0) is 14.8. The highest BCUT2D eigenvalue weighted by Gasteiger charge is 2.34.